The van der Waals surface area contributed by atoms with Crippen molar-refractivity contribution >= 4 is 23.0 Å². The van der Waals surface area contributed by atoms with E-state index in [0.29, 0.717) is 0 Å². The summed E-state index contributed by atoms with van der Waals surface area (Å²) in [6.07, 6.45) is 2.21. The molecule has 22 heavy (non-hydrogen) atoms. The Morgan fingerprint density at radius 2 is 1.82 bits per heavy atom. The van der Waals surface area contributed by atoms with E-state index in [0.717, 1.165) is 54.7 Å². The van der Waals surface area contributed by atoms with Crippen LogP contribution in [0.15, 0.2) is 48.5 Å². The minimum absolute atomic E-state index is 0.743. The van der Waals surface area contributed by atoms with Gasteiger partial charge >= 0.3 is 0 Å². The first-order valence-electron chi connectivity index (χ1n) is 7.74. The third kappa shape index (κ3) is 5.49. The van der Waals surface area contributed by atoms with Crippen molar-refractivity contribution in [1.82, 2.24) is 0 Å². The maximum Gasteiger partial charge on any atom is 0.142 e. The molecule has 0 atom stereocenters. The lowest BCUT2D eigenvalue weighted by molar-refractivity contribution is 0.311. The van der Waals surface area contributed by atoms with E-state index in [9.17, 15) is 0 Å². The minimum atomic E-state index is 0.743. The molecule has 0 unspecified atom stereocenters. The zero-order valence-corrected chi connectivity index (χ0v) is 13.7. The van der Waals surface area contributed by atoms with Gasteiger partial charge in [-0.2, -0.15) is 0 Å². The Hall–Kier alpha value is -1.87. The van der Waals surface area contributed by atoms with Gasteiger partial charge in [0.1, 0.15) is 5.75 Å². The predicted octanol–water partition coefficient (Wildman–Crippen LogP) is 5.04. The van der Waals surface area contributed by atoms with Gasteiger partial charge in [-0.15, -0.1) is 0 Å². The second-order valence-corrected chi connectivity index (χ2v) is 5.50. The molecule has 3 nitrogen and oxygen atoms in total. The Labute approximate surface area is 137 Å². The van der Waals surface area contributed by atoms with Gasteiger partial charge in [0.15, 0.2) is 0 Å². The summed E-state index contributed by atoms with van der Waals surface area (Å²) in [5, 5.41) is 7.49. The molecular weight excluding hydrogens is 296 g/mol. The fraction of sp³-hybridized carbons (Fsp3) is 0.333. The molecule has 2 aromatic rings. The number of anilines is 2. The van der Waals surface area contributed by atoms with E-state index in [4.69, 9.17) is 16.3 Å². The minimum Gasteiger partial charge on any atom is -0.491 e. The predicted molar refractivity (Wildman–Crippen MR) is 95.3 cm³/mol. The standard InChI is InChI=1S/C18H23ClN2O/c1-2-3-13-22-18-10-5-4-9-17(18)21-12-11-20-16-8-6-7-15(19)14-16/h4-10,14,20-21H,2-3,11-13H2,1H3. The number of para-hydroxylation sites is 2. The second kappa shape index (κ2) is 9.21. The lowest BCUT2D eigenvalue weighted by Crippen LogP contribution is -2.14. The van der Waals surface area contributed by atoms with Crippen molar-refractivity contribution < 1.29 is 4.74 Å². The zero-order chi connectivity index (χ0) is 15.6. The average Bonchev–Trinajstić information content (AvgIpc) is 2.53. The normalized spacial score (nSPS) is 10.3. The summed E-state index contributed by atoms with van der Waals surface area (Å²) in [5.41, 5.74) is 2.06. The van der Waals surface area contributed by atoms with E-state index in [1.165, 1.54) is 0 Å². The fourth-order valence-electron chi connectivity index (χ4n) is 2.07. The molecule has 0 spiro atoms. The van der Waals surface area contributed by atoms with Crippen LogP contribution in [0.2, 0.25) is 5.02 Å². The molecule has 2 N–H and O–H groups in total. The summed E-state index contributed by atoms with van der Waals surface area (Å²) in [4.78, 5) is 0. The average molecular weight is 319 g/mol. The second-order valence-electron chi connectivity index (χ2n) is 5.06. The van der Waals surface area contributed by atoms with Crippen LogP contribution in [-0.4, -0.2) is 19.7 Å². The summed E-state index contributed by atoms with van der Waals surface area (Å²) >= 11 is 5.96. The van der Waals surface area contributed by atoms with Crippen LogP contribution in [0.4, 0.5) is 11.4 Å². The third-order valence-electron chi connectivity index (χ3n) is 3.24. The number of nitrogens with one attached hydrogen (secondary N) is 2. The molecule has 0 radical (unpaired) electrons. The third-order valence-corrected chi connectivity index (χ3v) is 3.47. The molecule has 0 bridgehead atoms. The van der Waals surface area contributed by atoms with Gasteiger partial charge in [0.05, 0.1) is 12.3 Å². The van der Waals surface area contributed by atoms with Gasteiger partial charge in [0.2, 0.25) is 0 Å². The monoisotopic (exact) mass is 318 g/mol. The van der Waals surface area contributed by atoms with Crippen LogP contribution in [0.5, 0.6) is 5.75 Å². The number of unbranched alkanes of at least 4 members (excludes halogenated alkanes) is 1. The van der Waals surface area contributed by atoms with Crippen LogP contribution in [0.3, 0.4) is 0 Å². The van der Waals surface area contributed by atoms with Crippen LogP contribution in [0.25, 0.3) is 0 Å². The summed E-state index contributed by atoms with van der Waals surface area (Å²) in [6.45, 7) is 4.54. The van der Waals surface area contributed by atoms with Crippen LogP contribution < -0.4 is 15.4 Å². The largest absolute Gasteiger partial charge is 0.491 e. The van der Waals surface area contributed by atoms with E-state index >= 15 is 0 Å². The molecule has 0 saturated carbocycles. The number of benzene rings is 2. The number of ether oxygens (including phenoxy) is 1. The molecule has 2 rings (SSSR count). The van der Waals surface area contributed by atoms with Gasteiger partial charge in [-0.3, -0.25) is 0 Å². The van der Waals surface area contributed by atoms with Crippen molar-refractivity contribution in [3.63, 3.8) is 0 Å². The number of hydrogen-bond donors (Lipinski definition) is 2. The maximum atomic E-state index is 5.96. The first-order valence-corrected chi connectivity index (χ1v) is 8.12. The summed E-state index contributed by atoms with van der Waals surface area (Å²) in [5.74, 6) is 0.915. The van der Waals surface area contributed by atoms with Crippen LogP contribution >= 0.6 is 11.6 Å². The molecule has 0 aliphatic rings. The van der Waals surface area contributed by atoms with E-state index in [1.807, 2.05) is 48.5 Å². The lowest BCUT2D eigenvalue weighted by atomic mass is 10.3. The van der Waals surface area contributed by atoms with Crippen molar-refractivity contribution in [3.05, 3.63) is 53.6 Å². The Morgan fingerprint density at radius 3 is 2.64 bits per heavy atom. The first kappa shape index (κ1) is 16.5. The Balaban J connectivity index is 1.79. The highest BCUT2D eigenvalue weighted by Gasteiger charge is 2.01. The van der Waals surface area contributed by atoms with Gasteiger partial charge in [0, 0.05) is 23.8 Å². The molecule has 0 fully saturated rings. The van der Waals surface area contributed by atoms with Crippen molar-refractivity contribution in [2.24, 2.45) is 0 Å². The molecule has 2 aromatic carbocycles. The molecule has 0 amide bonds. The molecule has 4 heteroatoms. The van der Waals surface area contributed by atoms with Gasteiger partial charge in [-0.25, -0.2) is 0 Å². The zero-order valence-electron chi connectivity index (χ0n) is 12.9. The molecule has 0 aliphatic heterocycles. The SMILES string of the molecule is CCCCOc1ccccc1NCCNc1cccc(Cl)c1. The number of halogens is 1. The van der Waals surface area contributed by atoms with Crippen LogP contribution in [0, 0.1) is 0 Å². The highest BCUT2D eigenvalue weighted by molar-refractivity contribution is 6.30. The highest BCUT2D eigenvalue weighted by Crippen LogP contribution is 2.23. The topological polar surface area (TPSA) is 33.3 Å². The first-order chi connectivity index (χ1) is 10.8. The summed E-state index contributed by atoms with van der Waals surface area (Å²) in [6, 6.07) is 15.8. The maximum absolute atomic E-state index is 5.96. The molecule has 118 valence electrons. The molecular formula is C18H23ClN2O. The van der Waals surface area contributed by atoms with E-state index in [1.54, 1.807) is 0 Å². The van der Waals surface area contributed by atoms with Crippen molar-refractivity contribution in [2.75, 3.05) is 30.3 Å². The highest BCUT2D eigenvalue weighted by atomic mass is 35.5. The van der Waals surface area contributed by atoms with Gasteiger partial charge in [-0.1, -0.05) is 43.1 Å². The van der Waals surface area contributed by atoms with Gasteiger partial charge < -0.3 is 15.4 Å². The molecule has 0 heterocycles. The smallest absolute Gasteiger partial charge is 0.142 e. The Morgan fingerprint density at radius 1 is 1.00 bits per heavy atom. The van der Waals surface area contributed by atoms with Gasteiger partial charge in [0.25, 0.3) is 0 Å². The number of hydrogen-bond acceptors (Lipinski definition) is 3. The van der Waals surface area contributed by atoms with E-state index in [2.05, 4.69) is 17.6 Å². The van der Waals surface area contributed by atoms with Gasteiger partial charge in [-0.05, 0) is 36.8 Å². The molecule has 0 aliphatic carbocycles. The quantitative estimate of drug-likeness (QED) is 0.635. The fourth-order valence-corrected chi connectivity index (χ4v) is 2.26. The molecule has 0 aromatic heterocycles. The lowest BCUT2D eigenvalue weighted by Gasteiger charge is -2.13. The summed E-state index contributed by atoms with van der Waals surface area (Å²) in [7, 11) is 0. The van der Waals surface area contributed by atoms with Crippen molar-refractivity contribution in [2.45, 2.75) is 19.8 Å². The Kier molecular flexibility index (Phi) is 6.91. The molecule has 0 saturated heterocycles. The Bertz CT molecular complexity index is 575. The van der Waals surface area contributed by atoms with Crippen LogP contribution in [-0.2, 0) is 0 Å². The van der Waals surface area contributed by atoms with Crippen LogP contribution in [0.1, 0.15) is 19.8 Å². The van der Waals surface area contributed by atoms with Crippen molar-refractivity contribution in [1.29, 1.82) is 0 Å². The summed E-state index contributed by atoms with van der Waals surface area (Å²) < 4.78 is 5.81. The number of rotatable bonds is 9. The van der Waals surface area contributed by atoms with E-state index < -0.39 is 0 Å². The van der Waals surface area contributed by atoms with E-state index in [-0.39, 0.29) is 0 Å². The van der Waals surface area contributed by atoms with Crippen molar-refractivity contribution in [3.8, 4) is 5.75 Å².